The third kappa shape index (κ3) is 2.80. The predicted octanol–water partition coefficient (Wildman–Crippen LogP) is 4.34. The summed E-state index contributed by atoms with van der Waals surface area (Å²) in [5, 5.41) is 9.07. The fourth-order valence-electron chi connectivity index (χ4n) is 2.20. The lowest BCUT2D eigenvalue weighted by molar-refractivity contribution is 0.414. The van der Waals surface area contributed by atoms with Crippen molar-refractivity contribution in [3.63, 3.8) is 0 Å². The van der Waals surface area contributed by atoms with Crippen LogP contribution in [0, 0.1) is 0 Å². The maximum absolute atomic E-state index is 6.00. The molecule has 0 radical (unpaired) electrons. The number of benzene rings is 2. The first kappa shape index (κ1) is 14.9. The van der Waals surface area contributed by atoms with Crippen molar-refractivity contribution >= 4 is 23.2 Å². The number of hydrogen-bond acceptors (Lipinski definition) is 3. The van der Waals surface area contributed by atoms with E-state index in [2.05, 4.69) is 10.3 Å². The van der Waals surface area contributed by atoms with Crippen LogP contribution in [0.15, 0.2) is 48.5 Å². The first-order valence-corrected chi connectivity index (χ1v) is 7.55. The van der Waals surface area contributed by atoms with Crippen LogP contribution < -0.4 is 4.74 Å². The van der Waals surface area contributed by atoms with Gasteiger partial charge in [-0.05, 0) is 36.4 Å². The number of aromatic nitrogens is 3. The highest BCUT2D eigenvalue weighted by atomic mass is 35.5. The molecule has 0 unspecified atom stereocenters. The summed E-state index contributed by atoms with van der Waals surface area (Å²) in [7, 11) is 1.63. The van der Waals surface area contributed by atoms with Crippen LogP contribution in [-0.4, -0.2) is 22.1 Å². The number of alkyl halides is 1. The highest BCUT2D eigenvalue weighted by Crippen LogP contribution is 2.28. The summed E-state index contributed by atoms with van der Waals surface area (Å²) in [4.78, 5) is 0. The molecule has 0 spiro atoms. The van der Waals surface area contributed by atoms with Crippen LogP contribution in [0.3, 0.4) is 0 Å². The summed E-state index contributed by atoms with van der Waals surface area (Å²) in [5.74, 6) is 1.07. The van der Waals surface area contributed by atoms with E-state index in [9.17, 15) is 0 Å². The number of ether oxygens (including phenoxy) is 1. The molecule has 0 atom stereocenters. The van der Waals surface area contributed by atoms with Crippen molar-refractivity contribution in [3.8, 4) is 22.7 Å². The zero-order valence-electron chi connectivity index (χ0n) is 11.8. The molecule has 112 valence electrons. The van der Waals surface area contributed by atoms with E-state index in [-0.39, 0.29) is 5.88 Å². The van der Waals surface area contributed by atoms with Gasteiger partial charge < -0.3 is 4.74 Å². The van der Waals surface area contributed by atoms with Crippen LogP contribution in [0.25, 0.3) is 16.9 Å². The van der Waals surface area contributed by atoms with Crippen molar-refractivity contribution in [2.45, 2.75) is 5.88 Å². The molecule has 0 saturated heterocycles. The quantitative estimate of drug-likeness (QED) is 0.667. The molecule has 3 rings (SSSR count). The van der Waals surface area contributed by atoms with Gasteiger partial charge in [0.15, 0.2) is 0 Å². The topological polar surface area (TPSA) is 39.9 Å². The predicted molar refractivity (Wildman–Crippen MR) is 87.9 cm³/mol. The highest BCUT2D eigenvalue weighted by molar-refractivity contribution is 6.30. The van der Waals surface area contributed by atoms with Crippen molar-refractivity contribution in [2.24, 2.45) is 0 Å². The monoisotopic (exact) mass is 333 g/mol. The fourth-order valence-corrected chi connectivity index (χ4v) is 2.51. The normalized spacial score (nSPS) is 10.7. The highest BCUT2D eigenvalue weighted by Gasteiger charge is 2.15. The van der Waals surface area contributed by atoms with Crippen molar-refractivity contribution in [2.75, 3.05) is 7.11 Å². The van der Waals surface area contributed by atoms with Gasteiger partial charge in [-0.2, -0.15) is 0 Å². The third-order valence-electron chi connectivity index (χ3n) is 3.30. The number of rotatable bonds is 4. The van der Waals surface area contributed by atoms with Gasteiger partial charge in [0.1, 0.15) is 11.4 Å². The molecule has 0 N–H and O–H groups in total. The van der Waals surface area contributed by atoms with Gasteiger partial charge in [0.05, 0.1) is 24.4 Å². The third-order valence-corrected chi connectivity index (χ3v) is 3.81. The first-order valence-electron chi connectivity index (χ1n) is 6.64. The molecule has 0 aliphatic heterocycles. The molecule has 3 aromatic rings. The van der Waals surface area contributed by atoms with Crippen LogP contribution in [-0.2, 0) is 5.88 Å². The zero-order valence-corrected chi connectivity index (χ0v) is 13.3. The Morgan fingerprint density at radius 3 is 2.32 bits per heavy atom. The summed E-state index contributed by atoms with van der Waals surface area (Å²) in [6.07, 6.45) is 0. The average Bonchev–Trinajstić information content (AvgIpc) is 2.99. The summed E-state index contributed by atoms with van der Waals surface area (Å²) in [6, 6.07) is 15.1. The second kappa shape index (κ2) is 6.38. The Morgan fingerprint density at radius 2 is 1.73 bits per heavy atom. The van der Waals surface area contributed by atoms with E-state index in [1.54, 1.807) is 11.8 Å². The van der Waals surface area contributed by atoms with Crippen molar-refractivity contribution in [3.05, 3.63) is 59.2 Å². The fraction of sp³-hybridized carbons (Fsp3) is 0.125. The van der Waals surface area contributed by atoms with Gasteiger partial charge in [-0.25, -0.2) is 4.68 Å². The lowest BCUT2D eigenvalue weighted by atomic mass is 10.1. The van der Waals surface area contributed by atoms with E-state index >= 15 is 0 Å². The Balaban J connectivity index is 2.11. The molecule has 0 fully saturated rings. The summed E-state index contributed by atoms with van der Waals surface area (Å²) >= 11 is 12.0. The van der Waals surface area contributed by atoms with Crippen molar-refractivity contribution in [1.29, 1.82) is 0 Å². The average molecular weight is 334 g/mol. The van der Waals surface area contributed by atoms with E-state index in [4.69, 9.17) is 27.9 Å². The minimum atomic E-state index is 0.286. The van der Waals surface area contributed by atoms with Crippen LogP contribution in [0.2, 0.25) is 5.02 Å². The Morgan fingerprint density at radius 1 is 1.05 bits per heavy atom. The Kier molecular flexibility index (Phi) is 4.32. The van der Waals surface area contributed by atoms with E-state index in [0.717, 1.165) is 28.4 Å². The molecular weight excluding hydrogens is 321 g/mol. The second-order valence-corrected chi connectivity index (χ2v) is 5.34. The summed E-state index contributed by atoms with van der Waals surface area (Å²) in [5.41, 5.74) is 3.42. The number of hydrogen-bond donors (Lipinski definition) is 0. The van der Waals surface area contributed by atoms with Gasteiger partial charge >= 0.3 is 0 Å². The van der Waals surface area contributed by atoms with Crippen LogP contribution in [0.1, 0.15) is 5.69 Å². The standard InChI is InChI=1S/C16H13Cl2N3O/c1-22-14-8-6-13(7-9-14)21-16(15(10-17)19-20-21)11-2-4-12(18)5-3-11/h2-9H,10H2,1H3. The first-order chi connectivity index (χ1) is 10.7. The van der Waals surface area contributed by atoms with E-state index in [0.29, 0.717) is 5.02 Å². The van der Waals surface area contributed by atoms with Gasteiger partial charge in [0.25, 0.3) is 0 Å². The molecule has 2 aromatic carbocycles. The summed E-state index contributed by atoms with van der Waals surface area (Å²) in [6.45, 7) is 0. The van der Waals surface area contributed by atoms with Crippen molar-refractivity contribution < 1.29 is 4.74 Å². The minimum Gasteiger partial charge on any atom is -0.497 e. The summed E-state index contributed by atoms with van der Waals surface area (Å²) < 4.78 is 6.94. The van der Waals surface area contributed by atoms with Gasteiger partial charge in [0, 0.05) is 10.6 Å². The largest absolute Gasteiger partial charge is 0.497 e. The Bertz CT molecular complexity index is 767. The molecule has 4 nitrogen and oxygen atoms in total. The van der Waals surface area contributed by atoms with Crippen LogP contribution >= 0.6 is 23.2 Å². The van der Waals surface area contributed by atoms with Crippen molar-refractivity contribution in [1.82, 2.24) is 15.0 Å². The van der Waals surface area contributed by atoms with E-state index in [1.807, 2.05) is 48.5 Å². The van der Waals surface area contributed by atoms with Gasteiger partial charge in [-0.15, -0.1) is 16.7 Å². The van der Waals surface area contributed by atoms with Crippen LogP contribution in [0.5, 0.6) is 5.75 Å². The second-order valence-electron chi connectivity index (χ2n) is 4.64. The number of halogens is 2. The van der Waals surface area contributed by atoms with Gasteiger partial charge in [-0.1, -0.05) is 28.9 Å². The lowest BCUT2D eigenvalue weighted by Gasteiger charge is -2.08. The maximum atomic E-state index is 6.00. The number of nitrogens with zero attached hydrogens (tertiary/aromatic N) is 3. The van der Waals surface area contributed by atoms with E-state index < -0.39 is 0 Å². The molecular formula is C16H13Cl2N3O. The van der Waals surface area contributed by atoms with Gasteiger partial charge in [-0.3, -0.25) is 0 Å². The Hall–Kier alpha value is -2.04. The van der Waals surface area contributed by atoms with Crippen LogP contribution in [0.4, 0.5) is 0 Å². The SMILES string of the molecule is COc1ccc(-n2nnc(CCl)c2-c2ccc(Cl)cc2)cc1. The molecule has 22 heavy (non-hydrogen) atoms. The van der Waals surface area contributed by atoms with E-state index in [1.165, 1.54) is 0 Å². The molecule has 0 saturated carbocycles. The molecule has 0 aliphatic rings. The minimum absolute atomic E-state index is 0.286. The molecule has 1 heterocycles. The lowest BCUT2D eigenvalue weighted by Crippen LogP contribution is -2.00. The molecule has 6 heteroatoms. The zero-order chi connectivity index (χ0) is 15.5. The molecule has 0 amide bonds. The molecule has 1 aromatic heterocycles. The molecule has 0 bridgehead atoms. The number of methoxy groups -OCH3 is 1. The van der Waals surface area contributed by atoms with Gasteiger partial charge in [0.2, 0.25) is 0 Å². The Labute approximate surface area is 138 Å². The maximum Gasteiger partial charge on any atom is 0.119 e. The smallest absolute Gasteiger partial charge is 0.119 e. The molecule has 0 aliphatic carbocycles.